The number of carboxylic acids is 1. The highest BCUT2D eigenvalue weighted by Gasteiger charge is 2.32. The minimum absolute atomic E-state index is 0.0803. The van der Waals surface area contributed by atoms with Crippen molar-refractivity contribution in [3.63, 3.8) is 0 Å². The molecule has 2 rings (SSSR count). The van der Waals surface area contributed by atoms with Gasteiger partial charge in [-0.25, -0.2) is 0 Å². The summed E-state index contributed by atoms with van der Waals surface area (Å²) in [6.45, 7) is 0.469. The molecule has 0 aliphatic carbocycles. The van der Waals surface area contributed by atoms with Crippen LogP contribution in [0.4, 0.5) is 5.69 Å². The molecule has 1 aliphatic heterocycles. The predicted molar refractivity (Wildman–Crippen MR) is 107 cm³/mol. The molecule has 1 aliphatic rings. The van der Waals surface area contributed by atoms with Crippen molar-refractivity contribution in [3.8, 4) is 11.5 Å². The lowest BCUT2D eigenvalue weighted by Crippen LogP contribution is -2.45. The number of nitrogens with zero attached hydrogens (tertiary/aromatic N) is 2. The molecule has 0 bridgehead atoms. The molecule has 1 atom stereocenters. The topological polar surface area (TPSA) is 139 Å². The van der Waals surface area contributed by atoms with Crippen LogP contribution in [0, 0.1) is 10.1 Å². The number of rotatable bonds is 11. The van der Waals surface area contributed by atoms with Gasteiger partial charge in [0.25, 0.3) is 11.6 Å². The maximum absolute atomic E-state index is 13.0. The first-order valence-corrected chi connectivity index (χ1v) is 10.0. The molecule has 166 valence electrons. The lowest BCUT2D eigenvalue weighted by molar-refractivity contribution is -0.385. The summed E-state index contributed by atoms with van der Waals surface area (Å²) in [6, 6.07) is 2.13. The number of nitro groups is 1. The molecule has 10 nitrogen and oxygen atoms in total. The van der Waals surface area contributed by atoms with Crippen LogP contribution >= 0.6 is 0 Å². The largest absolute Gasteiger partial charge is 0.493 e. The van der Waals surface area contributed by atoms with E-state index in [1.807, 2.05) is 0 Å². The van der Waals surface area contributed by atoms with E-state index in [1.165, 1.54) is 24.1 Å². The van der Waals surface area contributed by atoms with Crippen molar-refractivity contribution in [2.24, 2.45) is 0 Å². The summed E-state index contributed by atoms with van der Waals surface area (Å²) in [4.78, 5) is 36.0. The second kappa shape index (κ2) is 11.3. The van der Waals surface area contributed by atoms with Gasteiger partial charge in [-0.05, 0) is 38.5 Å². The van der Waals surface area contributed by atoms with Gasteiger partial charge < -0.3 is 24.6 Å². The van der Waals surface area contributed by atoms with Gasteiger partial charge in [0, 0.05) is 19.0 Å². The third kappa shape index (κ3) is 6.06. The molecule has 2 N–H and O–H groups in total. The molecular formula is C20H28N2O8. The Morgan fingerprint density at radius 2 is 2.00 bits per heavy atom. The molecule has 1 aromatic rings. The smallest absolute Gasteiger partial charge is 0.303 e. The number of hydrogen-bond acceptors (Lipinski definition) is 7. The zero-order valence-electron chi connectivity index (χ0n) is 17.0. The summed E-state index contributed by atoms with van der Waals surface area (Å²) < 4.78 is 10.9. The Labute approximate surface area is 174 Å². The lowest BCUT2D eigenvalue weighted by atomic mass is 10.0. The second-order valence-electron chi connectivity index (χ2n) is 7.16. The van der Waals surface area contributed by atoms with Crippen molar-refractivity contribution >= 4 is 17.6 Å². The molecule has 0 radical (unpaired) electrons. The van der Waals surface area contributed by atoms with Gasteiger partial charge in [0.05, 0.1) is 37.4 Å². The summed E-state index contributed by atoms with van der Waals surface area (Å²) >= 11 is 0. The SMILES string of the molecule is COc1cc(C(=O)N2CCCCC2CO)c([N+](=O)[O-])cc1OCCCCCC(=O)O. The van der Waals surface area contributed by atoms with Crippen molar-refractivity contribution in [1.29, 1.82) is 0 Å². The van der Waals surface area contributed by atoms with Crippen LogP contribution in [-0.4, -0.2) is 64.8 Å². The highest BCUT2D eigenvalue weighted by atomic mass is 16.6. The van der Waals surface area contributed by atoms with Crippen LogP contribution in [0.3, 0.4) is 0 Å². The number of unbranched alkanes of at least 4 members (excludes halogenated alkanes) is 2. The molecule has 0 saturated carbocycles. The zero-order chi connectivity index (χ0) is 22.1. The first-order chi connectivity index (χ1) is 14.4. The Morgan fingerprint density at radius 3 is 2.63 bits per heavy atom. The van der Waals surface area contributed by atoms with Gasteiger partial charge in [0.1, 0.15) is 5.56 Å². The molecule has 1 saturated heterocycles. The standard InChI is InChI=1S/C20H28N2O8/c1-29-17-11-15(20(26)21-9-5-4-7-14(21)13-23)16(22(27)28)12-18(17)30-10-6-2-3-8-19(24)25/h11-12,14,23H,2-10,13H2,1H3,(H,24,25). The molecule has 1 fully saturated rings. The lowest BCUT2D eigenvalue weighted by Gasteiger charge is -2.34. The van der Waals surface area contributed by atoms with E-state index in [-0.39, 0.29) is 48.4 Å². The second-order valence-corrected chi connectivity index (χ2v) is 7.16. The van der Waals surface area contributed by atoms with E-state index in [2.05, 4.69) is 0 Å². The van der Waals surface area contributed by atoms with Crippen LogP contribution in [0.5, 0.6) is 11.5 Å². The Bertz CT molecular complexity index is 767. The molecule has 10 heteroatoms. The molecule has 0 aromatic heterocycles. The van der Waals surface area contributed by atoms with Crippen molar-refractivity contribution in [2.45, 2.75) is 51.0 Å². The van der Waals surface area contributed by atoms with E-state index in [4.69, 9.17) is 14.6 Å². The van der Waals surface area contributed by atoms with Gasteiger partial charge in [-0.15, -0.1) is 0 Å². The van der Waals surface area contributed by atoms with E-state index < -0.39 is 16.8 Å². The summed E-state index contributed by atoms with van der Waals surface area (Å²) in [5.41, 5.74) is -0.491. The Morgan fingerprint density at radius 1 is 1.23 bits per heavy atom. The number of hydrogen-bond donors (Lipinski definition) is 2. The number of ether oxygens (including phenoxy) is 2. The fourth-order valence-corrected chi connectivity index (χ4v) is 3.49. The highest BCUT2D eigenvalue weighted by Crippen LogP contribution is 2.36. The molecule has 1 aromatic carbocycles. The number of likely N-dealkylation sites (tertiary alicyclic amines) is 1. The zero-order valence-corrected chi connectivity index (χ0v) is 17.0. The Hall–Kier alpha value is -2.88. The van der Waals surface area contributed by atoms with E-state index in [1.54, 1.807) is 0 Å². The third-order valence-electron chi connectivity index (χ3n) is 5.10. The molecule has 30 heavy (non-hydrogen) atoms. The summed E-state index contributed by atoms with van der Waals surface area (Å²) in [5, 5.41) is 29.8. The van der Waals surface area contributed by atoms with Crippen molar-refractivity contribution < 1.29 is 34.2 Å². The molecule has 0 spiro atoms. The molecular weight excluding hydrogens is 396 g/mol. The summed E-state index contributed by atoms with van der Waals surface area (Å²) in [6.07, 6.45) is 4.13. The van der Waals surface area contributed by atoms with Gasteiger partial charge in [-0.3, -0.25) is 19.7 Å². The number of carbonyl (C=O) groups is 2. The number of carbonyl (C=O) groups excluding carboxylic acids is 1. The number of aliphatic hydroxyl groups is 1. The third-order valence-corrected chi connectivity index (χ3v) is 5.10. The summed E-state index contributed by atoms with van der Waals surface area (Å²) in [7, 11) is 1.38. The minimum atomic E-state index is -0.856. The highest BCUT2D eigenvalue weighted by molar-refractivity contribution is 5.99. The molecule has 1 unspecified atom stereocenters. The number of aliphatic hydroxyl groups excluding tert-OH is 1. The van der Waals surface area contributed by atoms with Gasteiger partial charge in [0.2, 0.25) is 0 Å². The maximum Gasteiger partial charge on any atom is 0.303 e. The van der Waals surface area contributed by atoms with Crippen LogP contribution in [0.15, 0.2) is 12.1 Å². The van der Waals surface area contributed by atoms with Crippen LogP contribution in [0.1, 0.15) is 55.3 Å². The average Bonchev–Trinajstić information content (AvgIpc) is 2.74. The van der Waals surface area contributed by atoms with Gasteiger partial charge in [0.15, 0.2) is 11.5 Å². The predicted octanol–water partition coefficient (Wildman–Crippen LogP) is 2.61. The number of carboxylic acid groups (broad SMARTS) is 1. The molecule has 1 amide bonds. The fourth-order valence-electron chi connectivity index (χ4n) is 3.49. The quantitative estimate of drug-likeness (QED) is 0.314. The van der Waals surface area contributed by atoms with Crippen LogP contribution in [-0.2, 0) is 4.79 Å². The normalized spacial score (nSPS) is 16.2. The average molecular weight is 424 g/mol. The number of aliphatic carboxylic acids is 1. The van der Waals surface area contributed by atoms with Crippen molar-refractivity contribution in [1.82, 2.24) is 4.90 Å². The van der Waals surface area contributed by atoms with Crippen LogP contribution in [0.25, 0.3) is 0 Å². The first-order valence-electron chi connectivity index (χ1n) is 10.0. The summed E-state index contributed by atoms with van der Waals surface area (Å²) in [5.74, 6) is -1.02. The van der Waals surface area contributed by atoms with E-state index >= 15 is 0 Å². The van der Waals surface area contributed by atoms with Gasteiger partial charge in [-0.1, -0.05) is 0 Å². The number of methoxy groups -OCH3 is 1. The van der Waals surface area contributed by atoms with E-state index in [0.717, 1.165) is 12.8 Å². The number of piperidine rings is 1. The maximum atomic E-state index is 13.0. The van der Waals surface area contributed by atoms with Crippen molar-refractivity contribution in [3.05, 3.63) is 27.8 Å². The van der Waals surface area contributed by atoms with E-state index in [0.29, 0.717) is 32.2 Å². The fraction of sp³-hybridized carbons (Fsp3) is 0.600. The number of amides is 1. The number of benzene rings is 1. The van der Waals surface area contributed by atoms with Gasteiger partial charge >= 0.3 is 5.97 Å². The Balaban J connectivity index is 2.18. The van der Waals surface area contributed by atoms with Crippen LogP contribution in [0.2, 0.25) is 0 Å². The van der Waals surface area contributed by atoms with Gasteiger partial charge in [-0.2, -0.15) is 0 Å². The van der Waals surface area contributed by atoms with Crippen molar-refractivity contribution in [2.75, 3.05) is 26.9 Å². The first kappa shape index (κ1) is 23.4. The van der Waals surface area contributed by atoms with E-state index in [9.17, 15) is 24.8 Å². The minimum Gasteiger partial charge on any atom is -0.493 e. The van der Waals surface area contributed by atoms with Crippen LogP contribution < -0.4 is 9.47 Å². The monoisotopic (exact) mass is 424 g/mol. The Kier molecular flexibility index (Phi) is 8.85. The number of nitro benzene ring substituents is 1. The molecule has 1 heterocycles.